The molecule has 31 heavy (non-hydrogen) atoms. The van der Waals surface area contributed by atoms with E-state index in [4.69, 9.17) is 9.47 Å². The zero-order valence-corrected chi connectivity index (χ0v) is 18.9. The lowest BCUT2D eigenvalue weighted by Gasteiger charge is -2.11. The summed E-state index contributed by atoms with van der Waals surface area (Å²) in [6.07, 6.45) is 1.86. The molecule has 0 atom stereocenters. The van der Waals surface area contributed by atoms with E-state index in [1.54, 1.807) is 11.5 Å². The summed E-state index contributed by atoms with van der Waals surface area (Å²) in [6, 6.07) is 21.3. The van der Waals surface area contributed by atoms with E-state index in [0.717, 1.165) is 26.6 Å². The topological polar surface area (TPSA) is 52.8 Å². The van der Waals surface area contributed by atoms with Gasteiger partial charge in [-0.2, -0.15) is 0 Å². The van der Waals surface area contributed by atoms with E-state index >= 15 is 0 Å². The SMILES string of the molecule is COc1cc(/C=c2\sc3nc4ccccc4n3c2=O)ccc1OCc1ccc(Br)cc1. The van der Waals surface area contributed by atoms with Crippen LogP contribution in [0.15, 0.2) is 76.0 Å². The predicted molar refractivity (Wildman–Crippen MR) is 127 cm³/mol. The Bertz CT molecular complexity index is 1510. The molecule has 154 valence electrons. The van der Waals surface area contributed by atoms with Crippen molar-refractivity contribution >= 4 is 49.3 Å². The second-order valence-electron chi connectivity index (χ2n) is 6.96. The molecule has 0 saturated heterocycles. The molecule has 0 fully saturated rings. The third-order valence-corrected chi connectivity index (χ3v) is 6.44. The van der Waals surface area contributed by atoms with Gasteiger partial charge >= 0.3 is 0 Å². The van der Waals surface area contributed by atoms with Gasteiger partial charge in [0.1, 0.15) is 6.61 Å². The molecule has 0 radical (unpaired) electrons. The van der Waals surface area contributed by atoms with E-state index in [2.05, 4.69) is 20.9 Å². The molecule has 0 bridgehead atoms. The molecular weight excluding hydrogens is 476 g/mol. The van der Waals surface area contributed by atoms with Gasteiger partial charge in [-0.3, -0.25) is 4.79 Å². The number of rotatable bonds is 5. The maximum absolute atomic E-state index is 13.0. The Morgan fingerprint density at radius 3 is 2.68 bits per heavy atom. The van der Waals surface area contributed by atoms with Gasteiger partial charge in [0.2, 0.25) is 0 Å². The molecule has 0 aliphatic heterocycles. The fourth-order valence-electron chi connectivity index (χ4n) is 3.40. The molecule has 0 amide bonds. The number of thiazole rings is 1. The van der Waals surface area contributed by atoms with Crippen LogP contribution in [0.5, 0.6) is 11.5 Å². The molecule has 2 aromatic heterocycles. The Hall–Kier alpha value is -3.16. The van der Waals surface area contributed by atoms with Crippen molar-refractivity contribution in [2.45, 2.75) is 6.61 Å². The maximum atomic E-state index is 13.0. The van der Waals surface area contributed by atoms with Crippen LogP contribution in [0.4, 0.5) is 0 Å². The molecule has 0 unspecified atom stereocenters. The normalized spacial score (nSPS) is 12.0. The van der Waals surface area contributed by atoms with E-state index in [1.165, 1.54) is 11.3 Å². The zero-order valence-electron chi connectivity index (χ0n) is 16.5. The first kappa shape index (κ1) is 19.8. The third-order valence-electron chi connectivity index (χ3n) is 4.94. The van der Waals surface area contributed by atoms with Crippen molar-refractivity contribution in [1.29, 1.82) is 0 Å². The minimum absolute atomic E-state index is 0.0665. The first-order valence-electron chi connectivity index (χ1n) is 9.59. The fourth-order valence-corrected chi connectivity index (χ4v) is 4.65. The van der Waals surface area contributed by atoms with Crippen molar-refractivity contribution < 1.29 is 9.47 Å². The predicted octanol–water partition coefficient (Wildman–Crippen LogP) is 4.81. The number of fused-ring (bicyclic) bond motifs is 3. The Labute approximate surface area is 190 Å². The van der Waals surface area contributed by atoms with Gasteiger partial charge in [0, 0.05) is 4.47 Å². The summed E-state index contributed by atoms with van der Waals surface area (Å²) in [4.78, 5) is 18.2. The molecule has 7 heteroatoms. The number of methoxy groups -OCH3 is 1. The van der Waals surface area contributed by atoms with Crippen LogP contribution < -0.4 is 19.6 Å². The van der Waals surface area contributed by atoms with Crippen molar-refractivity contribution in [3.63, 3.8) is 0 Å². The van der Waals surface area contributed by atoms with Crippen molar-refractivity contribution in [3.05, 3.63) is 97.2 Å². The van der Waals surface area contributed by atoms with Crippen molar-refractivity contribution in [3.8, 4) is 11.5 Å². The lowest BCUT2D eigenvalue weighted by Crippen LogP contribution is -2.22. The van der Waals surface area contributed by atoms with Crippen molar-refractivity contribution in [2.75, 3.05) is 7.11 Å². The van der Waals surface area contributed by atoms with Crippen LogP contribution in [-0.4, -0.2) is 16.5 Å². The molecule has 5 nitrogen and oxygen atoms in total. The molecule has 2 heterocycles. The number of ether oxygens (including phenoxy) is 2. The summed E-state index contributed by atoms with van der Waals surface area (Å²) in [5, 5.41) is 0. The first-order valence-corrected chi connectivity index (χ1v) is 11.2. The third kappa shape index (κ3) is 3.82. The quantitative estimate of drug-likeness (QED) is 0.353. The van der Waals surface area contributed by atoms with E-state index in [9.17, 15) is 4.79 Å². The maximum Gasteiger partial charge on any atom is 0.274 e. The largest absolute Gasteiger partial charge is 0.493 e. The van der Waals surface area contributed by atoms with Gasteiger partial charge in [-0.15, -0.1) is 0 Å². The summed E-state index contributed by atoms with van der Waals surface area (Å²) in [6.45, 7) is 0.437. The van der Waals surface area contributed by atoms with Crippen LogP contribution in [0.25, 0.3) is 22.1 Å². The van der Waals surface area contributed by atoms with Crippen LogP contribution >= 0.6 is 27.3 Å². The van der Waals surface area contributed by atoms with Crippen LogP contribution in [-0.2, 0) is 6.61 Å². The van der Waals surface area contributed by atoms with Gasteiger partial charge in [0.25, 0.3) is 5.56 Å². The molecule has 5 aromatic rings. The highest BCUT2D eigenvalue weighted by molar-refractivity contribution is 9.10. The summed E-state index contributed by atoms with van der Waals surface area (Å²) in [5.74, 6) is 1.27. The van der Waals surface area contributed by atoms with Gasteiger partial charge in [0.05, 0.1) is 22.7 Å². The Morgan fingerprint density at radius 1 is 1.06 bits per heavy atom. The van der Waals surface area contributed by atoms with E-state index in [-0.39, 0.29) is 5.56 Å². The number of aromatic nitrogens is 2. The van der Waals surface area contributed by atoms with Crippen LogP contribution in [0, 0.1) is 0 Å². The highest BCUT2D eigenvalue weighted by Gasteiger charge is 2.11. The van der Waals surface area contributed by atoms with Gasteiger partial charge < -0.3 is 9.47 Å². The molecule has 3 aromatic carbocycles. The van der Waals surface area contributed by atoms with Gasteiger partial charge in [-0.05, 0) is 53.6 Å². The lowest BCUT2D eigenvalue weighted by atomic mass is 10.2. The fraction of sp³-hybridized carbons (Fsp3) is 0.0833. The molecule has 0 aliphatic rings. The van der Waals surface area contributed by atoms with E-state index < -0.39 is 0 Å². The number of imidazole rings is 1. The van der Waals surface area contributed by atoms with Crippen LogP contribution in [0.1, 0.15) is 11.1 Å². The first-order chi connectivity index (χ1) is 15.1. The minimum Gasteiger partial charge on any atom is -0.493 e. The zero-order chi connectivity index (χ0) is 21.4. The minimum atomic E-state index is -0.0665. The highest BCUT2D eigenvalue weighted by atomic mass is 79.9. The molecule has 5 rings (SSSR count). The van der Waals surface area contributed by atoms with Crippen LogP contribution in [0.2, 0.25) is 0 Å². The number of para-hydroxylation sites is 2. The summed E-state index contributed by atoms with van der Waals surface area (Å²) in [5.41, 5.74) is 3.51. The van der Waals surface area contributed by atoms with Crippen molar-refractivity contribution in [1.82, 2.24) is 9.38 Å². The van der Waals surface area contributed by atoms with E-state index in [1.807, 2.05) is 72.8 Å². The molecule has 0 spiro atoms. The average Bonchev–Trinajstić information content (AvgIpc) is 3.30. The number of halogens is 1. The second kappa shape index (κ2) is 8.17. The summed E-state index contributed by atoms with van der Waals surface area (Å²) >= 11 is 4.81. The van der Waals surface area contributed by atoms with Gasteiger partial charge in [-0.25, -0.2) is 9.38 Å². The molecule has 0 aliphatic carbocycles. The van der Waals surface area contributed by atoms with Crippen molar-refractivity contribution in [2.24, 2.45) is 0 Å². The molecular formula is C24H17BrN2O3S. The summed E-state index contributed by atoms with van der Waals surface area (Å²) in [7, 11) is 1.61. The monoisotopic (exact) mass is 492 g/mol. The Kier molecular flexibility index (Phi) is 5.21. The number of nitrogens with zero attached hydrogens (tertiary/aromatic N) is 2. The number of benzene rings is 3. The Morgan fingerprint density at radius 2 is 1.87 bits per heavy atom. The van der Waals surface area contributed by atoms with Crippen LogP contribution in [0.3, 0.4) is 0 Å². The lowest BCUT2D eigenvalue weighted by molar-refractivity contribution is 0.284. The van der Waals surface area contributed by atoms with Gasteiger partial charge in [-0.1, -0.05) is 57.6 Å². The highest BCUT2D eigenvalue weighted by Crippen LogP contribution is 2.29. The van der Waals surface area contributed by atoms with E-state index in [0.29, 0.717) is 27.6 Å². The summed E-state index contributed by atoms with van der Waals surface area (Å²) < 4.78 is 14.8. The molecule has 0 N–H and O–H groups in total. The smallest absolute Gasteiger partial charge is 0.274 e. The standard InChI is InChI=1S/C24H17BrN2O3S/c1-29-21-12-16(8-11-20(21)30-14-15-6-9-17(25)10-7-15)13-22-23(28)27-19-5-3-2-4-18(19)26-24(27)31-22/h2-13H,14H2,1H3/b22-13-. The number of hydrogen-bond acceptors (Lipinski definition) is 5. The van der Waals surface area contributed by atoms with Gasteiger partial charge in [0.15, 0.2) is 16.5 Å². The number of hydrogen-bond donors (Lipinski definition) is 0. The average molecular weight is 493 g/mol. The second-order valence-corrected chi connectivity index (χ2v) is 8.88. The molecule has 0 saturated carbocycles. The Balaban J connectivity index is 1.46.